The average molecular weight is 631 g/mol. The van der Waals surface area contributed by atoms with Crippen molar-refractivity contribution in [1.29, 1.82) is 5.26 Å². The van der Waals surface area contributed by atoms with E-state index in [0.717, 1.165) is 39.5 Å². The van der Waals surface area contributed by atoms with Crippen LogP contribution < -0.4 is 0 Å². The monoisotopic (exact) mass is 629 g/mol. The van der Waals surface area contributed by atoms with Gasteiger partial charge in [-0.1, -0.05) is 88.5 Å². The van der Waals surface area contributed by atoms with Gasteiger partial charge in [0.1, 0.15) is 5.82 Å². The Morgan fingerprint density at radius 3 is 1.90 bits per heavy atom. The molecule has 224 valence electrons. The Bertz CT molecular complexity index is 1510. The topological polar surface area (TPSA) is 70.3 Å². The summed E-state index contributed by atoms with van der Waals surface area (Å²) >= 11 is 18.6. The maximum atomic E-state index is 14.2. The summed E-state index contributed by atoms with van der Waals surface area (Å²) in [7, 11) is 0. The number of aryl methyl sites for hydroxylation is 2. The molecule has 0 saturated heterocycles. The van der Waals surface area contributed by atoms with Gasteiger partial charge in [0.15, 0.2) is 0 Å². The lowest BCUT2D eigenvalue weighted by Crippen LogP contribution is -2.18. The number of nitriles is 1. The van der Waals surface area contributed by atoms with E-state index < -0.39 is 0 Å². The first kappa shape index (κ1) is 33.6. The highest BCUT2D eigenvalue weighted by molar-refractivity contribution is 6.36. The summed E-state index contributed by atoms with van der Waals surface area (Å²) in [6.07, 6.45) is 1.55. The van der Waals surface area contributed by atoms with Gasteiger partial charge in [0.05, 0.1) is 30.4 Å². The lowest BCUT2D eigenvalue weighted by Gasteiger charge is -2.22. The molecular weight excluding hydrogens is 592 g/mol. The second kappa shape index (κ2) is 13.6. The second-order valence-electron chi connectivity index (χ2n) is 12.5. The van der Waals surface area contributed by atoms with Gasteiger partial charge in [-0.15, -0.1) is 0 Å². The molecule has 2 heterocycles. The van der Waals surface area contributed by atoms with Gasteiger partial charge in [-0.25, -0.2) is 4.39 Å². The fourth-order valence-corrected chi connectivity index (χ4v) is 5.66. The molecule has 0 saturated carbocycles. The number of nitrogens with zero attached hydrogens (tertiary/aromatic N) is 4. The van der Waals surface area contributed by atoms with Gasteiger partial charge in [-0.3, -0.25) is 9.78 Å². The highest BCUT2D eigenvalue weighted by Crippen LogP contribution is 2.35. The molecule has 0 unspecified atom stereocenters. The number of benzene rings is 2. The Labute approximate surface area is 264 Å². The van der Waals surface area contributed by atoms with Gasteiger partial charge < -0.3 is 0 Å². The molecule has 0 spiro atoms. The number of aromatic amines is 1. The summed E-state index contributed by atoms with van der Waals surface area (Å²) in [6, 6.07) is 12.5. The number of aromatic nitrogens is 4. The standard InChI is InChI=1S/C18H24ClFN2.C15H15Cl2N3/c1-17(2,3)15-12(16(22-21-15)18(4,5)6)10-11-13(19)8-7-9-14(11)20;1-10-12(11(2)20(19-10)8-4-7-18)9-13-14(16)5-3-6-15(13)17/h7-9H,10H2,1-6H3,(H,21,22);3,5-6H,4,8-9H2,1-2H3. The molecule has 4 rings (SSSR count). The van der Waals surface area contributed by atoms with Crippen molar-refractivity contribution in [2.24, 2.45) is 0 Å². The van der Waals surface area contributed by atoms with Gasteiger partial charge in [0, 0.05) is 66.8 Å². The van der Waals surface area contributed by atoms with Crippen LogP contribution >= 0.6 is 34.8 Å². The minimum atomic E-state index is -0.270. The predicted molar refractivity (Wildman–Crippen MR) is 171 cm³/mol. The van der Waals surface area contributed by atoms with E-state index in [1.807, 2.05) is 36.7 Å². The van der Waals surface area contributed by atoms with Crippen LogP contribution in [0.25, 0.3) is 0 Å². The summed E-state index contributed by atoms with van der Waals surface area (Å²) < 4.78 is 16.1. The Balaban J connectivity index is 0.000000231. The second-order valence-corrected chi connectivity index (χ2v) is 13.7. The third kappa shape index (κ3) is 7.95. The van der Waals surface area contributed by atoms with Crippen LogP contribution in [-0.4, -0.2) is 20.0 Å². The third-order valence-electron chi connectivity index (χ3n) is 7.12. The number of nitrogens with one attached hydrogen (secondary N) is 1. The lowest BCUT2D eigenvalue weighted by atomic mass is 9.81. The van der Waals surface area contributed by atoms with Crippen LogP contribution in [0, 0.1) is 31.0 Å². The third-order valence-corrected chi connectivity index (χ3v) is 8.19. The van der Waals surface area contributed by atoms with E-state index in [9.17, 15) is 4.39 Å². The number of hydrogen-bond acceptors (Lipinski definition) is 3. The van der Waals surface area contributed by atoms with E-state index in [-0.39, 0.29) is 16.6 Å². The van der Waals surface area contributed by atoms with Crippen molar-refractivity contribution in [2.75, 3.05) is 0 Å². The molecule has 1 N–H and O–H groups in total. The zero-order chi connectivity index (χ0) is 31.4. The Hall–Kier alpha value is -2.85. The fraction of sp³-hybridized carbons (Fsp3) is 0.424. The summed E-state index contributed by atoms with van der Waals surface area (Å²) in [6.45, 7) is 17.3. The highest BCUT2D eigenvalue weighted by Gasteiger charge is 2.30. The molecule has 0 aliphatic rings. The first-order valence-corrected chi connectivity index (χ1v) is 15.0. The van der Waals surface area contributed by atoms with Crippen molar-refractivity contribution in [2.45, 2.75) is 92.0 Å². The van der Waals surface area contributed by atoms with Crippen molar-refractivity contribution < 1.29 is 4.39 Å². The molecular formula is C33H39Cl3FN5. The number of hydrogen-bond donors (Lipinski definition) is 1. The van der Waals surface area contributed by atoms with Crippen molar-refractivity contribution >= 4 is 34.8 Å². The SMILES string of the molecule is CC(C)(C)c1n[nH]c(C(C)(C)C)c1Cc1c(F)cccc1Cl.Cc1nn(CCC#N)c(C)c1Cc1c(Cl)cccc1Cl. The smallest absolute Gasteiger partial charge is 0.128 e. The normalized spacial score (nSPS) is 11.7. The molecule has 0 aliphatic heterocycles. The predicted octanol–water partition coefficient (Wildman–Crippen LogP) is 9.70. The van der Waals surface area contributed by atoms with Crippen LogP contribution in [0.15, 0.2) is 36.4 Å². The molecule has 5 nitrogen and oxygen atoms in total. The van der Waals surface area contributed by atoms with Gasteiger partial charge >= 0.3 is 0 Å². The molecule has 42 heavy (non-hydrogen) atoms. The molecule has 0 bridgehead atoms. The van der Waals surface area contributed by atoms with Crippen LogP contribution in [0.2, 0.25) is 15.1 Å². The van der Waals surface area contributed by atoms with Crippen LogP contribution in [0.4, 0.5) is 4.39 Å². The van der Waals surface area contributed by atoms with Crippen LogP contribution in [-0.2, 0) is 30.2 Å². The van der Waals surface area contributed by atoms with Gasteiger partial charge in [0.2, 0.25) is 0 Å². The summed E-state index contributed by atoms with van der Waals surface area (Å²) in [5.74, 6) is -0.270. The number of rotatable bonds is 6. The summed E-state index contributed by atoms with van der Waals surface area (Å²) in [4.78, 5) is 0. The number of H-pyrrole nitrogens is 1. The maximum absolute atomic E-state index is 14.2. The minimum absolute atomic E-state index is 0.0937. The Kier molecular flexibility index (Phi) is 10.9. The summed E-state index contributed by atoms with van der Waals surface area (Å²) in [5.41, 5.74) is 7.43. The van der Waals surface area contributed by atoms with Crippen molar-refractivity contribution in [3.8, 4) is 6.07 Å². The lowest BCUT2D eigenvalue weighted by molar-refractivity contribution is 0.556. The van der Waals surface area contributed by atoms with E-state index >= 15 is 0 Å². The van der Waals surface area contributed by atoms with Crippen LogP contribution in [0.1, 0.15) is 93.0 Å². The van der Waals surface area contributed by atoms with E-state index in [2.05, 4.69) is 62.9 Å². The molecule has 0 atom stereocenters. The summed E-state index contributed by atoms with van der Waals surface area (Å²) in [5, 5.41) is 22.6. The van der Waals surface area contributed by atoms with E-state index in [4.69, 9.17) is 40.1 Å². The number of halogens is 4. The minimum Gasteiger partial charge on any atom is -0.281 e. The van der Waals surface area contributed by atoms with Crippen LogP contribution in [0.5, 0.6) is 0 Å². The molecule has 0 aliphatic carbocycles. The van der Waals surface area contributed by atoms with E-state index in [0.29, 0.717) is 46.4 Å². The van der Waals surface area contributed by atoms with E-state index in [1.54, 1.807) is 12.1 Å². The van der Waals surface area contributed by atoms with Gasteiger partial charge in [-0.05, 0) is 43.7 Å². The molecule has 0 amide bonds. The Morgan fingerprint density at radius 2 is 1.38 bits per heavy atom. The molecule has 2 aromatic carbocycles. The van der Waals surface area contributed by atoms with E-state index in [1.165, 1.54) is 6.07 Å². The van der Waals surface area contributed by atoms with Crippen LogP contribution in [0.3, 0.4) is 0 Å². The quantitative estimate of drug-likeness (QED) is 0.231. The largest absolute Gasteiger partial charge is 0.281 e. The van der Waals surface area contributed by atoms with Gasteiger partial charge in [-0.2, -0.15) is 15.5 Å². The zero-order valence-corrected chi connectivity index (χ0v) is 27.9. The highest BCUT2D eigenvalue weighted by atomic mass is 35.5. The first-order chi connectivity index (χ1) is 19.6. The van der Waals surface area contributed by atoms with Crippen molar-refractivity contribution in [1.82, 2.24) is 20.0 Å². The van der Waals surface area contributed by atoms with Gasteiger partial charge in [0.25, 0.3) is 0 Å². The zero-order valence-electron chi connectivity index (χ0n) is 25.6. The van der Waals surface area contributed by atoms with Crippen molar-refractivity contribution in [3.63, 3.8) is 0 Å². The first-order valence-electron chi connectivity index (χ1n) is 13.9. The molecule has 0 fully saturated rings. The average Bonchev–Trinajstić information content (AvgIpc) is 3.44. The molecule has 9 heteroatoms. The van der Waals surface area contributed by atoms with Crippen molar-refractivity contribution in [3.05, 3.63) is 102 Å². The Morgan fingerprint density at radius 1 is 0.833 bits per heavy atom. The molecule has 2 aromatic heterocycles. The fourth-order valence-electron chi connectivity index (χ4n) is 4.90. The molecule has 0 radical (unpaired) electrons. The maximum Gasteiger partial charge on any atom is 0.128 e. The molecule has 4 aromatic rings.